The van der Waals surface area contributed by atoms with Crippen molar-refractivity contribution in [3.8, 4) is 0 Å². The van der Waals surface area contributed by atoms with Crippen LogP contribution in [-0.4, -0.2) is 33.2 Å². The summed E-state index contributed by atoms with van der Waals surface area (Å²) in [5.41, 5.74) is 6.81. The summed E-state index contributed by atoms with van der Waals surface area (Å²) in [6.45, 7) is 2.19. The van der Waals surface area contributed by atoms with Crippen LogP contribution in [0.4, 0.5) is 0 Å². The predicted octanol–water partition coefficient (Wildman–Crippen LogP) is 0.866. The van der Waals surface area contributed by atoms with E-state index >= 15 is 0 Å². The molecule has 5 nitrogen and oxygen atoms in total. The van der Waals surface area contributed by atoms with E-state index < -0.39 is 9.84 Å². The number of hydrogen-bond donors (Lipinski definition) is 2. The van der Waals surface area contributed by atoms with Gasteiger partial charge in [0.2, 0.25) is 0 Å². The van der Waals surface area contributed by atoms with Gasteiger partial charge in [-0.2, -0.15) is 0 Å². The van der Waals surface area contributed by atoms with Crippen LogP contribution in [0.15, 0.2) is 23.1 Å². The average molecular weight is 296 g/mol. The zero-order valence-electron chi connectivity index (χ0n) is 11.7. The van der Waals surface area contributed by atoms with Crippen LogP contribution in [0.2, 0.25) is 0 Å². The predicted molar refractivity (Wildman–Crippen MR) is 77.3 cm³/mol. The highest BCUT2D eigenvalue weighted by Crippen LogP contribution is 2.32. The first-order valence-corrected chi connectivity index (χ1v) is 8.53. The molecule has 1 unspecified atom stereocenters. The van der Waals surface area contributed by atoms with Gasteiger partial charge in [0.15, 0.2) is 9.84 Å². The third-order valence-corrected chi connectivity index (χ3v) is 4.75. The van der Waals surface area contributed by atoms with Gasteiger partial charge in [-0.25, -0.2) is 8.42 Å². The van der Waals surface area contributed by atoms with Crippen molar-refractivity contribution in [2.45, 2.75) is 30.7 Å². The Bertz CT molecular complexity index is 621. The molecule has 1 aliphatic rings. The van der Waals surface area contributed by atoms with E-state index in [0.29, 0.717) is 18.0 Å². The van der Waals surface area contributed by atoms with Gasteiger partial charge in [-0.1, -0.05) is 6.07 Å². The lowest BCUT2D eigenvalue weighted by molar-refractivity contribution is 0.0932. The molecule has 110 valence electrons. The first kappa shape index (κ1) is 15.0. The Hall–Kier alpha value is -1.40. The van der Waals surface area contributed by atoms with Crippen molar-refractivity contribution in [3.05, 3.63) is 29.3 Å². The van der Waals surface area contributed by atoms with Crippen molar-refractivity contribution in [2.75, 3.05) is 12.8 Å². The molecule has 0 aromatic heterocycles. The van der Waals surface area contributed by atoms with Gasteiger partial charge < -0.3 is 11.1 Å². The second-order valence-electron chi connectivity index (χ2n) is 5.40. The number of carbonyl (C=O) groups excluding carboxylic acids is 1. The summed E-state index contributed by atoms with van der Waals surface area (Å²) < 4.78 is 23.1. The summed E-state index contributed by atoms with van der Waals surface area (Å²) in [4.78, 5) is 12.4. The molecule has 1 amide bonds. The Labute approximate surface area is 119 Å². The van der Waals surface area contributed by atoms with Crippen LogP contribution in [-0.2, 0) is 9.84 Å². The molecule has 0 radical (unpaired) electrons. The first-order valence-electron chi connectivity index (χ1n) is 6.64. The lowest BCUT2D eigenvalue weighted by Gasteiger charge is -2.17. The number of aryl methyl sites for hydroxylation is 1. The van der Waals surface area contributed by atoms with Gasteiger partial charge in [0.05, 0.1) is 4.90 Å². The number of carbonyl (C=O) groups is 1. The summed E-state index contributed by atoms with van der Waals surface area (Å²) in [6, 6.07) is 4.58. The van der Waals surface area contributed by atoms with E-state index in [9.17, 15) is 13.2 Å². The SMILES string of the molecule is Cc1ccc(S(C)(=O)=O)cc1C(=O)NC(CN)C1CC1. The standard InChI is InChI=1S/C14H20N2O3S/c1-9-3-6-11(20(2,18)19)7-12(9)14(17)16-13(8-15)10-4-5-10/h3,6-7,10,13H,4-5,8,15H2,1-2H3,(H,16,17). The van der Waals surface area contributed by atoms with Gasteiger partial charge in [0.1, 0.15) is 0 Å². The number of sulfone groups is 1. The topological polar surface area (TPSA) is 89.3 Å². The molecule has 1 saturated carbocycles. The highest BCUT2D eigenvalue weighted by Gasteiger charge is 2.31. The van der Waals surface area contributed by atoms with Crippen LogP contribution in [0.1, 0.15) is 28.8 Å². The molecule has 0 bridgehead atoms. The Morgan fingerprint density at radius 1 is 1.45 bits per heavy atom. The van der Waals surface area contributed by atoms with E-state index in [2.05, 4.69) is 5.32 Å². The van der Waals surface area contributed by atoms with Crippen molar-refractivity contribution in [1.29, 1.82) is 0 Å². The molecule has 1 aromatic rings. The largest absolute Gasteiger partial charge is 0.348 e. The summed E-state index contributed by atoms with van der Waals surface area (Å²) in [6.07, 6.45) is 3.31. The zero-order chi connectivity index (χ0) is 14.9. The maximum absolute atomic E-state index is 12.3. The molecule has 6 heteroatoms. The van der Waals surface area contributed by atoms with Crippen LogP contribution < -0.4 is 11.1 Å². The minimum absolute atomic E-state index is 0.0243. The van der Waals surface area contributed by atoms with Gasteiger partial charge in [-0.05, 0) is 43.4 Å². The molecule has 3 N–H and O–H groups in total. The lowest BCUT2D eigenvalue weighted by atomic mass is 10.1. The maximum Gasteiger partial charge on any atom is 0.251 e. The second-order valence-corrected chi connectivity index (χ2v) is 7.42. The quantitative estimate of drug-likeness (QED) is 0.843. The fourth-order valence-corrected chi connectivity index (χ4v) is 2.84. The van der Waals surface area contributed by atoms with Crippen LogP contribution in [0.25, 0.3) is 0 Å². The second kappa shape index (κ2) is 5.54. The molecule has 1 aliphatic carbocycles. The van der Waals surface area contributed by atoms with E-state index in [1.807, 2.05) is 0 Å². The molecule has 1 fully saturated rings. The third kappa shape index (κ3) is 3.37. The van der Waals surface area contributed by atoms with Crippen LogP contribution in [0.3, 0.4) is 0 Å². The fraction of sp³-hybridized carbons (Fsp3) is 0.500. The van der Waals surface area contributed by atoms with Crippen molar-refractivity contribution < 1.29 is 13.2 Å². The maximum atomic E-state index is 12.3. The number of amides is 1. The van der Waals surface area contributed by atoms with E-state index in [0.717, 1.165) is 24.7 Å². The van der Waals surface area contributed by atoms with Gasteiger partial charge in [-0.15, -0.1) is 0 Å². The molecule has 0 aliphatic heterocycles. The Balaban J connectivity index is 2.24. The molecule has 1 atom stereocenters. The molecular weight excluding hydrogens is 276 g/mol. The molecular formula is C14H20N2O3S. The Morgan fingerprint density at radius 2 is 2.10 bits per heavy atom. The van der Waals surface area contributed by atoms with Crippen molar-refractivity contribution in [2.24, 2.45) is 11.7 Å². The molecule has 0 spiro atoms. The number of nitrogens with two attached hydrogens (primary N) is 1. The van der Waals surface area contributed by atoms with E-state index in [-0.39, 0.29) is 16.8 Å². The van der Waals surface area contributed by atoms with Crippen molar-refractivity contribution >= 4 is 15.7 Å². The minimum atomic E-state index is -3.32. The van der Waals surface area contributed by atoms with Gasteiger partial charge in [0.25, 0.3) is 5.91 Å². The smallest absolute Gasteiger partial charge is 0.251 e. The summed E-state index contributed by atoms with van der Waals surface area (Å²) in [7, 11) is -3.32. The van der Waals surface area contributed by atoms with E-state index in [4.69, 9.17) is 5.73 Å². The average Bonchev–Trinajstić information content (AvgIpc) is 3.19. The zero-order valence-corrected chi connectivity index (χ0v) is 12.5. The first-order chi connectivity index (χ1) is 9.32. The number of rotatable bonds is 5. The van der Waals surface area contributed by atoms with Gasteiger partial charge in [-0.3, -0.25) is 4.79 Å². The number of benzene rings is 1. The Morgan fingerprint density at radius 3 is 2.60 bits per heavy atom. The molecule has 1 aromatic carbocycles. The highest BCUT2D eigenvalue weighted by molar-refractivity contribution is 7.90. The van der Waals surface area contributed by atoms with E-state index in [1.54, 1.807) is 13.0 Å². The summed E-state index contributed by atoms with van der Waals surface area (Å²) in [5, 5.41) is 2.91. The van der Waals surface area contributed by atoms with Crippen LogP contribution in [0, 0.1) is 12.8 Å². The van der Waals surface area contributed by atoms with Crippen molar-refractivity contribution in [3.63, 3.8) is 0 Å². The molecule has 20 heavy (non-hydrogen) atoms. The molecule has 0 heterocycles. The fourth-order valence-electron chi connectivity index (χ4n) is 2.19. The number of hydrogen-bond acceptors (Lipinski definition) is 4. The minimum Gasteiger partial charge on any atom is -0.348 e. The van der Waals surface area contributed by atoms with Gasteiger partial charge >= 0.3 is 0 Å². The van der Waals surface area contributed by atoms with Crippen LogP contribution in [0.5, 0.6) is 0 Å². The molecule has 0 saturated heterocycles. The summed E-state index contributed by atoms with van der Waals surface area (Å²) in [5.74, 6) is 0.206. The van der Waals surface area contributed by atoms with Gasteiger partial charge in [0, 0.05) is 24.4 Å². The monoisotopic (exact) mass is 296 g/mol. The molecule has 2 rings (SSSR count). The Kier molecular flexibility index (Phi) is 4.15. The lowest BCUT2D eigenvalue weighted by Crippen LogP contribution is -2.42. The number of nitrogens with one attached hydrogen (secondary N) is 1. The third-order valence-electron chi connectivity index (χ3n) is 3.64. The van der Waals surface area contributed by atoms with E-state index in [1.165, 1.54) is 12.1 Å². The van der Waals surface area contributed by atoms with Crippen molar-refractivity contribution in [1.82, 2.24) is 5.32 Å². The van der Waals surface area contributed by atoms with Crippen LogP contribution >= 0.6 is 0 Å². The normalized spacial score (nSPS) is 16.8. The highest BCUT2D eigenvalue weighted by atomic mass is 32.2. The summed E-state index contributed by atoms with van der Waals surface area (Å²) >= 11 is 0.